The molecule has 0 bridgehead atoms. The number of aromatic nitrogens is 6. The highest BCUT2D eigenvalue weighted by Crippen LogP contribution is 2.13. The first kappa shape index (κ1) is 12.7. The largest absolute Gasteiger partial charge is 0.303 e. The molecule has 0 aromatic carbocycles. The van der Waals surface area contributed by atoms with E-state index in [9.17, 15) is 0 Å². The van der Waals surface area contributed by atoms with E-state index >= 15 is 0 Å². The lowest BCUT2D eigenvalue weighted by Crippen LogP contribution is -2.22. The van der Waals surface area contributed by atoms with Gasteiger partial charge in [0.2, 0.25) is 0 Å². The summed E-state index contributed by atoms with van der Waals surface area (Å²) in [6.07, 6.45) is 3.93. The molecule has 0 saturated carbocycles. The second kappa shape index (κ2) is 4.85. The zero-order valence-electron chi connectivity index (χ0n) is 11.2. The molecular weight excluding hydrogens is 230 g/mol. The Labute approximate surface area is 106 Å². The van der Waals surface area contributed by atoms with E-state index in [2.05, 4.69) is 58.0 Å². The van der Waals surface area contributed by atoms with Crippen LogP contribution < -0.4 is 5.32 Å². The first-order valence-electron chi connectivity index (χ1n) is 5.97. The highest BCUT2D eigenvalue weighted by atomic mass is 15.5. The van der Waals surface area contributed by atoms with Crippen molar-refractivity contribution < 1.29 is 0 Å². The average molecular weight is 249 g/mol. The molecular formula is C11H19N7. The van der Waals surface area contributed by atoms with Gasteiger partial charge in [0.1, 0.15) is 0 Å². The number of tetrazole rings is 1. The third kappa shape index (κ3) is 2.92. The molecule has 0 aliphatic carbocycles. The van der Waals surface area contributed by atoms with Crippen LogP contribution in [0.2, 0.25) is 0 Å². The zero-order valence-corrected chi connectivity index (χ0v) is 11.2. The number of H-pyrrole nitrogens is 1. The summed E-state index contributed by atoms with van der Waals surface area (Å²) >= 11 is 0. The average Bonchev–Trinajstić information content (AvgIpc) is 2.96. The van der Waals surface area contributed by atoms with Crippen molar-refractivity contribution >= 4 is 0 Å². The van der Waals surface area contributed by atoms with Gasteiger partial charge in [0.15, 0.2) is 5.82 Å². The summed E-state index contributed by atoms with van der Waals surface area (Å²) in [6, 6.07) is 0.0572. The van der Waals surface area contributed by atoms with Crippen LogP contribution in [0.5, 0.6) is 0 Å². The summed E-state index contributed by atoms with van der Waals surface area (Å²) in [5.41, 5.74) is 1.15. The van der Waals surface area contributed by atoms with Gasteiger partial charge >= 0.3 is 0 Å². The van der Waals surface area contributed by atoms with Gasteiger partial charge in [0.05, 0.1) is 17.8 Å². The van der Waals surface area contributed by atoms with Gasteiger partial charge in [-0.2, -0.15) is 10.3 Å². The SMILES string of the molecule is CC(NCc1cnn(C(C)(C)C)c1)c1nn[nH]n1. The summed E-state index contributed by atoms with van der Waals surface area (Å²) in [5.74, 6) is 0.665. The molecule has 2 N–H and O–H groups in total. The predicted octanol–water partition coefficient (Wildman–Crippen LogP) is 1.00. The van der Waals surface area contributed by atoms with Gasteiger partial charge in [-0.25, -0.2) is 0 Å². The van der Waals surface area contributed by atoms with E-state index in [-0.39, 0.29) is 11.6 Å². The molecule has 0 amide bonds. The predicted molar refractivity (Wildman–Crippen MR) is 66.7 cm³/mol. The maximum Gasteiger partial charge on any atom is 0.191 e. The summed E-state index contributed by atoms with van der Waals surface area (Å²) in [6.45, 7) is 9.10. The van der Waals surface area contributed by atoms with E-state index < -0.39 is 0 Å². The Kier molecular flexibility index (Phi) is 3.42. The molecule has 0 radical (unpaired) electrons. The number of hydrogen-bond acceptors (Lipinski definition) is 5. The third-order valence-electron chi connectivity index (χ3n) is 2.68. The smallest absolute Gasteiger partial charge is 0.191 e. The Morgan fingerprint density at radius 3 is 2.78 bits per heavy atom. The van der Waals surface area contributed by atoms with Gasteiger partial charge < -0.3 is 5.32 Å². The maximum atomic E-state index is 4.36. The van der Waals surface area contributed by atoms with Crippen molar-refractivity contribution in [3.05, 3.63) is 23.8 Å². The molecule has 0 fully saturated rings. The van der Waals surface area contributed by atoms with Gasteiger partial charge in [-0.1, -0.05) is 5.21 Å². The third-order valence-corrected chi connectivity index (χ3v) is 2.68. The van der Waals surface area contributed by atoms with E-state index in [1.807, 2.05) is 17.8 Å². The van der Waals surface area contributed by atoms with Crippen LogP contribution in [-0.2, 0) is 12.1 Å². The molecule has 98 valence electrons. The fraction of sp³-hybridized carbons (Fsp3) is 0.636. The fourth-order valence-electron chi connectivity index (χ4n) is 1.53. The Balaban J connectivity index is 1.93. The standard InChI is InChI=1S/C11H19N7/c1-8(10-14-16-17-15-10)12-5-9-6-13-18(7-9)11(2,3)4/h6-8,12H,5H2,1-4H3,(H,14,15,16,17). The summed E-state index contributed by atoms with van der Waals surface area (Å²) < 4.78 is 1.96. The van der Waals surface area contributed by atoms with E-state index in [1.54, 1.807) is 0 Å². The van der Waals surface area contributed by atoms with Crippen molar-refractivity contribution in [2.75, 3.05) is 0 Å². The highest BCUT2D eigenvalue weighted by Gasteiger charge is 2.14. The Morgan fingerprint density at radius 1 is 1.44 bits per heavy atom. The van der Waals surface area contributed by atoms with Crippen molar-refractivity contribution in [1.82, 2.24) is 35.7 Å². The van der Waals surface area contributed by atoms with Gasteiger partial charge in [-0.3, -0.25) is 4.68 Å². The van der Waals surface area contributed by atoms with Crippen molar-refractivity contribution in [3.63, 3.8) is 0 Å². The van der Waals surface area contributed by atoms with E-state index in [0.29, 0.717) is 5.82 Å². The lowest BCUT2D eigenvalue weighted by molar-refractivity contribution is 0.355. The molecule has 1 atom stereocenters. The molecule has 2 rings (SSSR count). The summed E-state index contributed by atoms with van der Waals surface area (Å²) in [5, 5.41) is 21.6. The number of nitrogens with one attached hydrogen (secondary N) is 2. The van der Waals surface area contributed by atoms with Crippen LogP contribution in [0.25, 0.3) is 0 Å². The van der Waals surface area contributed by atoms with Crippen LogP contribution in [0.3, 0.4) is 0 Å². The van der Waals surface area contributed by atoms with Crippen molar-refractivity contribution in [2.24, 2.45) is 0 Å². The van der Waals surface area contributed by atoms with Crippen molar-refractivity contribution in [3.8, 4) is 0 Å². The molecule has 0 aliphatic heterocycles. The topological polar surface area (TPSA) is 84.3 Å². The monoisotopic (exact) mass is 249 g/mol. The van der Waals surface area contributed by atoms with Crippen molar-refractivity contribution in [2.45, 2.75) is 45.8 Å². The molecule has 7 heteroatoms. The van der Waals surface area contributed by atoms with Crippen LogP contribution in [0.1, 0.15) is 45.1 Å². The zero-order chi connectivity index (χ0) is 13.2. The maximum absolute atomic E-state index is 4.36. The van der Waals surface area contributed by atoms with E-state index in [0.717, 1.165) is 12.1 Å². The molecule has 2 aromatic rings. The molecule has 2 aromatic heterocycles. The number of rotatable bonds is 4. The van der Waals surface area contributed by atoms with E-state index in [1.165, 1.54) is 0 Å². The number of aromatic amines is 1. The fourth-order valence-corrected chi connectivity index (χ4v) is 1.53. The number of nitrogens with zero attached hydrogens (tertiary/aromatic N) is 5. The lowest BCUT2D eigenvalue weighted by Gasteiger charge is -2.18. The molecule has 0 aliphatic rings. The molecule has 0 spiro atoms. The second-order valence-electron chi connectivity index (χ2n) is 5.34. The molecule has 1 unspecified atom stereocenters. The molecule has 0 saturated heterocycles. The Bertz CT molecular complexity index is 480. The first-order valence-corrected chi connectivity index (χ1v) is 5.97. The molecule has 7 nitrogen and oxygen atoms in total. The first-order chi connectivity index (χ1) is 8.47. The van der Waals surface area contributed by atoms with E-state index in [4.69, 9.17) is 0 Å². The van der Waals surface area contributed by atoms with Gasteiger partial charge in [0, 0.05) is 18.3 Å². The summed E-state index contributed by atoms with van der Waals surface area (Å²) in [7, 11) is 0. The molecule has 18 heavy (non-hydrogen) atoms. The minimum Gasteiger partial charge on any atom is -0.303 e. The van der Waals surface area contributed by atoms with Crippen LogP contribution in [-0.4, -0.2) is 30.4 Å². The minimum atomic E-state index is 0.0114. The van der Waals surface area contributed by atoms with Crippen molar-refractivity contribution in [1.29, 1.82) is 0 Å². The van der Waals surface area contributed by atoms with Gasteiger partial charge in [0.25, 0.3) is 0 Å². The van der Waals surface area contributed by atoms with Gasteiger partial charge in [-0.15, -0.1) is 10.2 Å². The number of hydrogen-bond donors (Lipinski definition) is 2. The van der Waals surface area contributed by atoms with Crippen LogP contribution in [0, 0.1) is 0 Å². The summed E-state index contributed by atoms with van der Waals surface area (Å²) in [4.78, 5) is 0. The van der Waals surface area contributed by atoms with Gasteiger partial charge in [-0.05, 0) is 27.7 Å². The Morgan fingerprint density at radius 2 is 2.22 bits per heavy atom. The van der Waals surface area contributed by atoms with Crippen LogP contribution >= 0.6 is 0 Å². The minimum absolute atomic E-state index is 0.0114. The molecule has 2 heterocycles. The lowest BCUT2D eigenvalue weighted by atomic mass is 10.1. The van der Waals surface area contributed by atoms with Crippen LogP contribution in [0.15, 0.2) is 12.4 Å². The normalized spacial score (nSPS) is 13.8. The second-order valence-corrected chi connectivity index (χ2v) is 5.34. The quantitative estimate of drug-likeness (QED) is 0.844. The van der Waals surface area contributed by atoms with Crippen LogP contribution in [0.4, 0.5) is 0 Å². The Hall–Kier alpha value is -1.76. The highest BCUT2D eigenvalue weighted by molar-refractivity contribution is 5.05.